The van der Waals surface area contributed by atoms with Gasteiger partial charge in [-0.15, -0.1) is 0 Å². The predicted molar refractivity (Wildman–Crippen MR) is 113 cm³/mol. The summed E-state index contributed by atoms with van der Waals surface area (Å²) in [6, 6.07) is 15.0. The zero-order valence-electron chi connectivity index (χ0n) is 16.6. The van der Waals surface area contributed by atoms with E-state index >= 15 is 0 Å². The molecule has 0 radical (unpaired) electrons. The van der Waals surface area contributed by atoms with Crippen LogP contribution in [0.1, 0.15) is 52.2 Å². The van der Waals surface area contributed by atoms with E-state index < -0.39 is 0 Å². The molecule has 0 aliphatic carbocycles. The van der Waals surface area contributed by atoms with Crippen LogP contribution in [0.2, 0.25) is 0 Å². The third-order valence-electron chi connectivity index (χ3n) is 5.53. The number of nitrogens with zero attached hydrogens (tertiary/aromatic N) is 2. The molecule has 1 aliphatic rings. The number of nitrogens with one attached hydrogen (secondary N) is 2. The lowest BCUT2D eigenvalue weighted by Crippen LogP contribution is -2.45. The van der Waals surface area contributed by atoms with Crippen LogP contribution in [0.25, 0.3) is 11.0 Å². The van der Waals surface area contributed by atoms with Gasteiger partial charge in [0.05, 0.1) is 11.0 Å². The average Bonchev–Trinajstić information content (AvgIpc) is 3.13. The van der Waals surface area contributed by atoms with Crippen molar-refractivity contribution in [2.75, 3.05) is 13.1 Å². The molecule has 1 saturated heterocycles. The minimum Gasteiger partial charge on any atom is -0.352 e. The van der Waals surface area contributed by atoms with Gasteiger partial charge in [-0.3, -0.25) is 9.59 Å². The maximum atomic E-state index is 13.2. The molecule has 2 amide bonds. The third kappa shape index (κ3) is 4.31. The van der Waals surface area contributed by atoms with Gasteiger partial charge in [-0.2, -0.15) is 0 Å². The lowest BCUT2D eigenvalue weighted by molar-refractivity contribution is 0.0601. The van der Waals surface area contributed by atoms with Gasteiger partial charge in [0.15, 0.2) is 0 Å². The fourth-order valence-corrected chi connectivity index (χ4v) is 4.05. The largest absolute Gasteiger partial charge is 0.352 e. The van der Waals surface area contributed by atoms with Crippen LogP contribution in [-0.2, 0) is 0 Å². The van der Waals surface area contributed by atoms with Crippen molar-refractivity contribution in [2.24, 2.45) is 0 Å². The maximum Gasteiger partial charge on any atom is 0.254 e. The number of aromatic amines is 1. The molecule has 0 bridgehead atoms. The summed E-state index contributed by atoms with van der Waals surface area (Å²) in [7, 11) is 0. The van der Waals surface area contributed by atoms with Crippen LogP contribution in [0.3, 0.4) is 0 Å². The van der Waals surface area contributed by atoms with Gasteiger partial charge in [-0.1, -0.05) is 18.2 Å². The van der Waals surface area contributed by atoms with Gasteiger partial charge < -0.3 is 15.2 Å². The summed E-state index contributed by atoms with van der Waals surface area (Å²) >= 11 is 0. The van der Waals surface area contributed by atoms with Crippen molar-refractivity contribution in [3.05, 3.63) is 65.5 Å². The molecule has 1 atom stereocenters. The Bertz CT molecular complexity index is 1010. The van der Waals surface area contributed by atoms with E-state index in [1.807, 2.05) is 48.2 Å². The van der Waals surface area contributed by atoms with Crippen LogP contribution < -0.4 is 5.32 Å². The molecule has 3 aromatic rings. The van der Waals surface area contributed by atoms with Gasteiger partial charge in [0, 0.05) is 30.3 Å². The van der Waals surface area contributed by atoms with Gasteiger partial charge in [-0.25, -0.2) is 4.98 Å². The molecule has 6 heteroatoms. The quantitative estimate of drug-likeness (QED) is 0.697. The molecule has 0 spiro atoms. The van der Waals surface area contributed by atoms with Crippen LogP contribution in [0.15, 0.2) is 48.5 Å². The second kappa shape index (κ2) is 8.47. The fraction of sp³-hybridized carbons (Fsp3) is 0.348. The number of amides is 2. The Kier molecular flexibility index (Phi) is 5.60. The number of aromatic nitrogens is 2. The Balaban J connectivity index is 1.41. The molecular weight excluding hydrogens is 364 g/mol. The van der Waals surface area contributed by atoms with Crippen LogP contribution in [0.5, 0.6) is 0 Å². The van der Waals surface area contributed by atoms with Crippen LogP contribution in [-0.4, -0.2) is 45.8 Å². The number of benzene rings is 2. The highest BCUT2D eigenvalue weighted by Gasteiger charge is 2.27. The fourth-order valence-electron chi connectivity index (χ4n) is 4.05. The zero-order valence-corrected chi connectivity index (χ0v) is 16.6. The van der Waals surface area contributed by atoms with E-state index in [-0.39, 0.29) is 17.9 Å². The van der Waals surface area contributed by atoms with Gasteiger partial charge in [0.25, 0.3) is 11.8 Å². The molecule has 2 N–H and O–H groups in total. The molecule has 0 saturated carbocycles. The van der Waals surface area contributed by atoms with Gasteiger partial charge in [0.2, 0.25) is 0 Å². The van der Waals surface area contributed by atoms with Crippen LogP contribution in [0, 0.1) is 6.92 Å². The van der Waals surface area contributed by atoms with Gasteiger partial charge in [-0.05, 0) is 62.9 Å². The number of carbonyl (C=O) groups excluding carboxylic acids is 2. The predicted octanol–water partition coefficient (Wildman–Crippen LogP) is 3.69. The number of imidazole rings is 1. The number of rotatable bonds is 5. The molecular formula is C23H26N4O2. The summed E-state index contributed by atoms with van der Waals surface area (Å²) in [5.74, 6) is 0.826. The third-order valence-corrected chi connectivity index (χ3v) is 5.53. The van der Waals surface area contributed by atoms with E-state index in [1.54, 1.807) is 12.1 Å². The number of likely N-dealkylation sites (tertiary alicyclic amines) is 1. The van der Waals surface area contributed by atoms with Crippen molar-refractivity contribution in [3.63, 3.8) is 0 Å². The Hall–Kier alpha value is -3.15. The SMILES string of the molecule is Cc1nc2ccc(C(=O)N3CCCCC3CCNC(=O)c3ccccc3)cc2[nH]1. The first kappa shape index (κ1) is 19.2. The number of H-pyrrole nitrogens is 1. The summed E-state index contributed by atoms with van der Waals surface area (Å²) in [4.78, 5) is 35.0. The molecule has 4 rings (SSSR count). The topological polar surface area (TPSA) is 78.1 Å². The van der Waals surface area contributed by atoms with Crippen molar-refractivity contribution in [1.29, 1.82) is 0 Å². The van der Waals surface area contributed by atoms with Crippen LogP contribution >= 0.6 is 0 Å². The number of fused-ring (bicyclic) bond motifs is 1. The molecule has 1 aromatic heterocycles. The summed E-state index contributed by atoms with van der Waals surface area (Å²) in [5.41, 5.74) is 3.10. The normalized spacial score (nSPS) is 16.7. The van der Waals surface area contributed by atoms with Gasteiger partial charge in [0.1, 0.15) is 5.82 Å². The molecule has 1 aliphatic heterocycles. The van der Waals surface area contributed by atoms with Crippen molar-refractivity contribution in [2.45, 2.75) is 38.6 Å². The van der Waals surface area contributed by atoms with E-state index in [1.165, 1.54) is 0 Å². The summed E-state index contributed by atoms with van der Waals surface area (Å²) < 4.78 is 0. The number of carbonyl (C=O) groups is 2. The number of hydrogen-bond acceptors (Lipinski definition) is 3. The highest BCUT2D eigenvalue weighted by molar-refractivity contribution is 5.97. The average molecular weight is 390 g/mol. The number of aryl methyl sites for hydroxylation is 1. The van der Waals surface area contributed by atoms with E-state index in [0.717, 1.165) is 49.1 Å². The molecule has 29 heavy (non-hydrogen) atoms. The maximum absolute atomic E-state index is 13.2. The van der Waals surface area contributed by atoms with Crippen molar-refractivity contribution in [3.8, 4) is 0 Å². The molecule has 6 nitrogen and oxygen atoms in total. The van der Waals surface area contributed by atoms with Crippen LogP contribution in [0.4, 0.5) is 0 Å². The van der Waals surface area contributed by atoms with E-state index in [4.69, 9.17) is 0 Å². The monoisotopic (exact) mass is 390 g/mol. The Morgan fingerprint density at radius 3 is 2.79 bits per heavy atom. The summed E-state index contributed by atoms with van der Waals surface area (Å²) in [5, 5.41) is 2.98. The Morgan fingerprint density at radius 2 is 1.97 bits per heavy atom. The van der Waals surface area contributed by atoms with Crippen molar-refractivity contribution >= 4 is 22.8 Å². The highest BCUT2D eigenvalue weighted by atomic mass is 16.2. The zero-order chi connectivity index (χ0) is 20.2. The smallest absolute Gasteiger partial charge is 0.254 e. The molecule has 2 heterocycles. The first-order valence-electron chi connectivity index (χ1n) is 10.2. The summed E-state index contributed by atoms with van der Waals surface area (Å²) in [6.07, 6.45) is 3.86. The minimum atomic E-state index is -0.0700. The number of hydrogen-bond donors (Lipinski definition) is 2. The Labute approximate surface area is 170 Å². The summed E-state index contributed by atoms with van der Waals surface area (Å²) in [6.45, 7) is 3.23. The second-order valence-electron chi connectivity index (χ2n) is 7.61. The first-order chi connectivity index (χ1) is 14.1. The molecule has 150 valence electrons. The molecule has 1 fully saturated rings. The van der Waals surface area contributed by atoms with Crippen molar-refractivity contribution < 1.29 is 9.59 Å². The second-order valence-corrected chi connectivity index (χ2v) is 7.61. The molecule has 1 unspecified atom stereocenters. The van der Waals surface area contributed by atoms with Crippen molar-refractivity contribution in [1.82, 2.24) is 20.2 Å². The standard InChI is InChI=1S/C23H26N4O2/c1-16-25-20-11-10-18(15-21(20)26-16)23(29)27-14-6-5-9-19(27)12-13-24-22(28)17-7-3-2-4-8-17/h2-4,7-8,10-11,15,19H,5-6,9,12-14H2,1H3,(H,24,28)(H,25,26). The molecule has 2 aromatic carbocycles. The lowest BCUT2D eigenvalue weighted by atomic mass is 9.98. The van der Waals surface area contributed by atoms with Gasteiger partial charge >= 0.3 is 0 Å². The Morgan fingerprint density at radius 1 is 1.14 bits per heavy atom. The van der Waals surface area contributed by atoms with E-state index in [9.17, 15) is 9.59 Å². The van der Waals surface area contributed by atoms with E-state index in [0.29, 0.717) is 17.7 Å². The minimum absolute atomic E-state index is 0.0539. The number of piperidine rings is 1. The first-order valence-corrected chi connectivity index (χ1v) is 10.2. The lowest BCUT2D eigenvalue weighted by Gasteiger charge is -2.36. The van der Waals surface area contributed by atoms with E-state index in [2.05, 4.69) is 15.3 Å². The highest BCUT2D eigenvalue weighted by Crippen LogP contribution is 2.23.